The molecular weight excluding hydrogens is 188 g/mol. The van der Waals surface area contributed by atoms with Crippen molar-refractivity contribution >= 4 is 9.84 Å². The Balaban J connectivity index is 2.50. The number of aliphatic hydroxyl groups is 1. The molecule has 1 saturated heterocycles. The van der Waals surface area contributed by atoms with Gasteiger partial charge in [0, 0.05) is 6.61 Å². The van der Waals surface area contributed by atoms with Gasteiger partial charge in [-0.1, -0.05) is 12.2 Å². The molecular formula is C9H16O3S. The van der Waals surface area contributed by atoms with Gasteiger partial charge in [0.1, 0.15) is 0 Å². The molecule has 76 valence electrons. The average Bonchev–Trinajstić information content (AvgIpc) is 2.31. The van der Waals surface area contributed by atoms with E-state index in [1.54, 1.807) is 0 Å². The minimum absolute atomic E-state index is 0.0611. The van der Waals surface area contributed by atoms with Crippen LogP contribution in [0.1, 0.15) is 25.7 Å². The van der Waals surface area contributed by atoms with Crippen LogP contribution in [0, 0.1) is 0 Å². The Bertz CT molecular complexity index is 279. The fourth-order valence-electron chi connectivity index (χ4n) is 1.67. The lowest BCUT2D eigenvalue weighted by molar-refractivity contribution is 0.298. The van der Waals surface area contributed by atoms with Crippen LogP contribution in [0.3, 0.4) is 0 Å². The molecule has 13 heavy (non-hydrogen) atoms. The predicted molar refractivity (Wildman–Crippen MR) is 52.3 cm³/mol. The van der Waals surface area contributed by atoms with E-state index in [0.717, 1.165) is 18.4 Å². The number of hydrogen-bond donors (Lipinski definition) is 1. The molecule has 3 nitrogen and oxygen atoms in total. The quantitative estimate of drug-likeness (QED) is 0.692. The van der Waals surface area contributed by atoms with Gasteiger partial charge in [0.2, 0.25) is 0 Å². The van der Waals surface area contributed by atoms with Gasteiger partial charge in [0.25, 0.3) is 0 Å². The summed E-state index contributed by atoms with van der Waals surface area (Å²) in [5.74, 6) is 0.323. The van der Waals surface area contributed by atoms with Crippen molar-refractivity contribution in [2.45, 2.75) is 30.9 Å². The first-order chi connectivity index (χ1) is 6.06. The Morgan fingerprint density at radius 3 is 2.69 bits per heavy atom. The molecule has 0 saturated carbocycles. The zero-order valence-electron chi connectivity index (χ0n) is 7.70. The van der Waals surface area contributed by atoms with Crippen LogP contribution in [-0.2, 0) is 9.84 Å². The van der Waals surface area contributed by atoms with Crippen molar-refractivity contribution in [3.63, 3.8) is 0 Å². The number of hydrogen-bond acceptors (Lipinski definition) is 3. The Hall–Kier alpha value is -0.350. The van der Waals surface area contributed by atoms with Crippen LogP contribution >= 0.6 is 0 Å². The lowest BCUT2D eigenvalue weighted by atomic mass is 10.1. The van der Waals surface area contributed by atoms with Crippen LogP contribution in [0.25, 0.3) is 0 Å². The number of rotatable bonds is 4. The standard InChI is InChI=1S/C9H16O3S/c1-8(4-5-10)7-9-3-2-6-13(9,11)12/h9-10H,1-7H2. The third-order valence-electron chi connectivity index (χ3n) is 2.44. The maximum Gasteiger partial charge on any atom is 0.153 e. The van der Waals surface area contributed by atoms with E-state index < -0.39 is 9.84 Å². The molecule has 1 N–H and O–H groups in total. The molecule has 0 aliphatic carbocycles. The summed E-state index contributed by atoms with van der Waals surface area (Å²) in [7, 11) is -2.84. The second-order valence-corrected chi connectivity index (χ2v) is 5.96. The molecule has 1 fully saturated rings. The van der Waals surface area contributed by atoms with Crippen LogP contribution in [-0.4, -0.2) is 31.1 Å². The van der Waals surface area contributed by atoms with Crippen molar-refractivity contribution in [3.8, 4) is 0 Å². The first-order valence-corrected chi connectivity index (χ1v) is 6.27. The SMILES string of the molecule is C=C(CCO)CC1CCCS1(=O)=O. The summed E-state index contributed by atoms with van der Waals surface area (Å²) < 4.78 is 22.8. The van der Waals surface area contributed by atoms with Gasteiger partial charge in [-0.15, -0.1) is 0 Å². The average molecular weight is 204 g/mol. The van der Waals surface area contributed by atoms with Crippen molar-refractivity contribution in [1.82, 2.24) is 0 Å². The first kappa shape index (κ1) is 10.7. The lowest BCUT2D eigenvalue weighted by Gasteiger charge is -2.10. The molecule has 0 aromatic rings. The van der Waals surface area contributed by atoms with Gasteiger partial charge in [0.15, 0.2) is 9.84 Å². The maximum atomic E-state index is 11.4. The molecule has 4 heteroatoms. The van der Waals surface area contributed by atoms with E-state index in [2.05, 4.69) is 6.58 Å². The smallest absolute Gasteiger partial charge is 0.153 e. The fraction of sp³-hybridized carbons (Fsp3) is 0.778. The third-order valence-corrected chi connectivity index (χ3v) is 4.72. The third kappa shape index (κ3) is 2.81. The maximum absolute atomic E-state index is 11.4. The molecule has 1 rings (SSSR count). The summed E-state index contributed by atoms with van der Waals surface area (Å²) in [4.78, 5) is 0. The Morgan fingerprint density at radius 2 is 2.23 bits per heavy atom. The van der Waals surface area contributed by atoms with E-state index in [4.69, 9.17) is 5.11 Å². The van der Waals surface area contributed by atoms with Gasteiger partial charge in [-0.2, -0.15) is 0 Å². The van der Waals surface area contributed by atoms with Crippen LogP contribution in [0.15, 0.2) is 12.2 Å². The second-order valence-electron chi connectivity index (χ2n) is 3.56. The fourth-order valence-corrected chi connectivity index (χ4v) is 3.59. The van der Waals surface area contributed by atoms with E-state index in [-0.39, 0.29) is 11.9 Å². The van der Waals surface area contributed by atoms with Crippen LogP contribution < -0.4 is 0 Å². The van der Waals surface area contributed by atoms with Gasteiger partial charge < -0.3 is 5.11 Å². The summed E-state index contributed by atoms with van der Waals surface area (Å²) in [6, 6.07) is 0. The van der Waals surface area contributed by atoms with Crippen LogP contribution in [0.2, 0.25) is 0 Å². The zero-order chi connectivity index (χ0) is 9.90. The summed E-state index contributed by atoms with van der Waals surface area (Å²) >= 11 is 0. The van der Waals surface area contributed by atoms with Gasteiger partial charge in [-0.3, -0.25) is 0 Å². The molecule has 0 aromatic heterocycles. The molecule has 0 spiro atoms. The molecule has 1 unspecified atom stereocenters. The molecule has 0 radical (unpaired) electrons. The van der Waals surface area contributed by atoms with Gasteiger partial charge in [-0.05, 0) is 25.7 Å². The van der Waals surface area contributed by atoms with Crippen molar-refractivity contribution < 1.29 is 13.5 Å². The highest BCUT2D eigenvalue weighted by atomic mass is 32.2. The van der Waals surface area contributed by atoms with Crippen LogP contribution in [0.4, 0.5) is 0 Å². The van der Waals surface area contributed by atoms with Crippen molar-refractivity contribution in [2.24, 2.45) is 0 Å². The topological polar surface area (TPSA) is 54.4 Å². The van der Waals surface area contributed by atoms with Crippen molar-refractivity contribution in [3.05, 3.63) is 12.2 Å². The van der Waals surface area contributed by atoms with E-state index in [1.165, 1.54) is 0 Å². The molecule has 1 aliphatic rings. The lowest BCUT2D eigenvalue weighted by Crippen LogP contribution is -2.16. The van der Waals surface area contributed by atoms with E-state index in [1.807, 2.05) is 0 Å². The summed E-state index contributed by atoms with van der Waals surface area (Å²) in [5.41, 5.74) is 0.845. The molecule has 0 bridgehead atoms. The van der Waals surface area contributed by atoms with Crippen molar-refractivity contribution in [2.75, 3.05) is 12.4 Å². The minimum Gasteiger partial charge on any atom is -0.396 e. The highest BCUT2D eigenvalue weighted by Gasteiger charge is 2.31. The summed E-state index contributed by atoms with van der Waals surface area (Å²) in [5, 5.41) is 8.40. The molecule has 0 aromatic carbocycles. The van der Waals surface area contributed by atoms with Crippen LogP contribution in [0.5, 0.6) is 0 Å². The van der Waals surface area contributed by atoms with Crippen molar-refractivity contribution in [1.29, 1.82) is 0 Å². The second kappa shape index (κ2) is 4.24. The minimum atomic E-state index is -2.84. The summed E-state index contributed by atoms with van der Waals surface area (Å²) in [6.07, 6.45) is 2.58. The van der Waals surface area contributed by atoms with E-state index >= 15 is 0 Å². The molecule has 1 aliphatic heterocycles. The van der Waals surface area contributed by atoms with E-state index in [0.29, 0.717) is 18.6 Å². The van der Waals surface area contributed by atoms with Gasteiger partial charge in [-0.25, -0.2) is 8.42 Å². The largest absolute Gasteiger partial charge is 0.396 e. The van der Waals surface area contributed by atoms with E-state index in [9.17, 15) is 8.42 Å². The highest BCUT2D eigenvalue weighted by molar-refractivity contribution is 7.92. The number of aliphatic hydroxyl groups excluding tert-OH is 1. The number of sulfone groups is 1. The molecule has 1 atom stereocenters. The highest BCUT2D eigenvalue weighted by Crippen LogP contribution is 2.25. The monoisotopic (exact) mass is 204 g/mol. The summed E-state index contributed by atoms with van der Waals surface area (Å²) in [6.45, 7) is 3.81. The Kier molecular flexibility index (Phi) is 3.50. The first-order valence-electron chi connectivity index (χ1n) is 4.55. The Morgan fingerprint density at radius 1 is 1.54 bits per heavy atom. The molecule has 0 amide bonds. The predicted octanol–water partition coefficient (Wildman–Crippen LogP) is 0.892. The van der Waals surface area contributed by atoms with Gasteiger partial charge in [0.05, 0.1) is 11.0 Å². The van der Waals surface area contributed by atoms with Gasteiger partial charge >= 0.3 is 0 Å². The molecule has 1 heterocycles. The normalized spacial score (nSPS) is 26.1. The zero-order valence-corrected chi connectivity index (χ0v) is 8.52. The Labute approximate surface area is 79.4 Å².